The molecule has 4 nitrogen and oxygen atoms in total. The third-order valence-corrected chi connectivity index (χ3v) is 4.41. The first-order chi connectivity index (χ1) is 12.3. The molecule has 0 fully saturated rings. The number of aliphatic hydroxyl groups is 1. The Hall–Kier alpha value is -0.870. The van der Waals surface area contributed by atoms with Crippen LogP contribution < -0.4 is 0 Å². The van der Waals surface area contributed by atoms with Crippen LogP contribution in [-0.2, 0) is 14.3 Å². The van der Waals surface area contributed by atoms with Crippen molar-refractivity contribution < 1.29 is 19.4 Å². The molecule has 0 aliphatic carbocycles. The van der Waals surface area contributed by atoms with E-state index in [-0.39, 0.29) is 6.61 Å². The van der Waals surface area contributed by atoms with Crippen LogP contribution in [0.5, 0.6) is 0 Å². The molecule has 0 aromatic rings. The van der Waals surface area contributed by atoms with E-state index in [0.717, 1.165) is 6.42 Å². The smallest absolute Gasteiger partial charge is 0.337 e. The van der Waals surface area contributed by atoms with Crippen molar-refractivity contribution in [1.82, 2.24) is 0 Å². The normalized spacial score (nSPS) is 12.6. The van der Waals surface area contributed by atoms with Crippen molar-refractivity contribution in [1.29, 1.82) is 0 Å². The molecule has 0 aromatic carbocycles. The molecule has 0 aliphatic heterocycles. The number of carbonyl (C=O) groups excluding carboxylic acids is 1. The van der Waals surface area contributed by atoms with E-state index in [9.17, 15) is 4.79 Å². The molecule has 148 valence electrons. The number of carbonyl (C=O) groups is 1. The van der Waals surface area contributed by atoms with Gasteiger partial charge in [0.1, 0.15) is 0 Å². The minimum Gasteiger partial charge on any atom is -0.467 e. The van der Waals surface area contributed by atoms with Crippen molar-refractivity contribution in [3.05, 3.63) is 12.2 Å². The summed E-state index contributed by atoms with van der Waals surface area (Å²) < 4.78 is 9.78. The molecule has 1 N–H and O–H groups in total. The zero-order valence-electron chi connectivity index (χ0n) is 16.5. The van der Waals surface area contributed by atoms with E-state index in [4.69, 9.17) is 9.84 Å². The summed E-state index contributed by atoms with van der Waals surface area (Å²) >= 11 is 0. The summed E-state index contributed by atoms with van der Waals surface area (Å²) in [5.74, 6) is -0.531. The van der Waals surface area contributed by atoms with Crippen LogP contribution in [0.25, 0.3) is 0 Å². The van der Waals surface area contributed by atoms with Crippen molar-refractivity contribution in [2.75, 3.05) is 20.3 Å². The molecule has 25 heavy (non-hydrogen) atoms. The van der Waals surface area contributed by atoms with Crippen molar-refractivity contribution in [2.24, 2.45) is 0 Å². The van der Waals surface area contributed by atoms with Crippen LogP contribution in [0, 0.1) is 0 Å². The van der Waals surface area contributed by atoms with Crippen LogP contribution in [0.15, 0.2) is 12.2 Å². The topological polar surface area (TPSA) is 55.8 Å². The second-order valence-corrected chi connectivity index (χ2v) is 6.68. The van der Waals surface area contributed by atoms with E-state index >= 15 is 0 Å². The summed E-state index contributed by atoms with van der Waals surface area (Å²) in [6, 6.07) is 0. The average molecular weight is 357 g/mol. The summed E-state index contributed by atoms with van der Waals surface area (Å²) in [6.45, 7) is 2.25. The number of allylic oxidation sites excluding steroid dienone is 1. The van der Waals surface area contributed by atoms with Crippen molar-refractivity contribution in [3.8, 4) is 0 Å². The number of methoxy groups -OCH3 is 1. The summed E-state index contributed by atoms with van der Waals surface area (Å²) in [5.41, 5.74) is 0. The quantitative estimate of drug-likeness (QED) is 0.209. The molecule has 4 heteroatoms. The Kier molecular flexibility index (Phi) is 18.8. The van der Waals surface area contributed by atoms with Gasteiger partial charge in [-0.05, 0) is 12.8 Å². The molecule has 0 saturated heterocycles. The molecule has 0 amide bonds. The predicted octanol–water partition coefficient (Wildman–Crippen LogP) is 5.18. The molecule has 0 heterocycles. The molecule has 0 rings (SSSR count). The van der Waals surface area contributed by atoms with Gasteiger partial charge in [0.15, 0.2) is 6.10 Å². The standard InChI is InChI=1S/C21H40O4/c1-3-4-5-6-7-8-9-10-11-12-13-14-15-16-17-18-25-20(19-22)21(23)24-2/h16-17,20,22H,3-15,18-19H2,1-2H3/b17-16+/t20-/m0/s1. The first-order valence-electron chi connectivity index (χ1n) is 10.2. The minimum atomic E-state index is -0.874. The molecular weight excluding hydrogens is 316 g/mol. The number of unbranched alkanes of at least 4 members (excludes halogenated alkanes) is 12. The molecule has 0 spiro atoms. The second kappa shape index (κ2) is 19.5. The Morgan fingerprint density at radius 2 is 1.40 bits per heavy atom. The monoisotopic (exact) mass is 356 g/mol. The van der Waals surface area contributed by atoms with Crippen LogP contribution >= 0.6 is 0 Å². The first kappa shape index (κ1) is 24.1. The highest BCUT2D eigenvalue weighted by Crippen LogP contribution is 2.12. The number of aliphatic hydroxyl groups excluding tert-OH is 1. The van der Waals surface area contributed by atoms with Crippen molar-refractivity contribution >= 4 is 5.97 Å². The molecule has 0 aromatic heterocycles. The fourth-order valence-electron chi connectivity index (χ4n) is 2.79. The lowest BCUT2D eigenvalue weighted by atomic mass is 10.0. The number of hydrogen-bond donors (Lipinski definition) is 1. The van der Waals surface area contributed by atoms with Gasteiger partial charge in [-0.25, -0.2) is 4.79 Å². The molecule has 0 bridgehead atoms. The predicted molar refractivity (Wildman–Crippen MR) is 104 cm³/mol. The van der Waals surface area contributed by atoms with Crippen LogP contribution in [0.1, 0.15) is 90.4 Å². The van der Waals surface area contributed by atoms with E-state index in [1.54, 1.807) is 0 Å². The fraction of sp³-hybridized carbons (Fsp3) is 0.857. The highest BCUT2D eigenvalue weighted by atomic mass is 16.6. The minimum absolute atomic E-state index is 0.332. The van der Waals surface area contributed by atoms with Crippen molar-refractivity contribution in [3.63, 3.8) is 0 Å². The maximum Gasteiger partial charge on any atom is 0.337 e. The largest absolute Gasteiger partial charge is 0.467 e. The van der Waals surface area contributed by atoms with Gasteiger partial charge in [-0.3, -0.25) is 0 Å². The third-order valence-electron chi connectivity index (χ3n) is 4.41. The Morgan fingerprint density at radius 1 is 0.880 bits per heavy atom. The maximum absolute atomic E-state index is 11.2. The zero-order chi connectivity index (χ0) is 18.6. The number of hydrogen-bond acceptors (Lipinski definition) is 4. The summed E-state index contributed by atoms with van der Waals surface area (Å²) in [5, 5.41) is 9.00. The van der Waals surface area contributed by atoms with Gasteiger partial charge < -0.3 is 14.6 Å². The molecular formula is C21H40O4. The molecule has 0 aliphatic rings. The van der Waals surface area contributed by atoms with Crippen LogP contribution in [-0.4, -0.2) is 37.5 Å². The second-order valence-electron chi connectivity index (χ2n) is 6.68. The van der Waals surface area contributed by atoms with Gasteiger partial charge >= 0.3 is 5.97 Å². The summed E-state index contributed by atoms with van der Waals surface area (Å²) in [6.07, 6.45) is 20.5. The Labute approximate surface area is 155 Å². The molecule has 0 unspecified atom stereocenters. The fourth-order valence-corrected chi connectivity index (χ4v) is 2.79. The van der Waals surface area contributed by atoms with E-state index < -0.39 is 12.1 Å². The Bertz CT molecular complexity index is 315. The number of rotatable bonds is 18. The average Bonchev–Trinajstić information content (AvgIpc) is 2.64. The molecule has 0 saturated carbocycles. The Morgan fingerprint density at radius 3 is 1.88 bits per heavy atom. The maximum atomic E-state index is 11.2. The number of esters is 1. The van der Waals surface area contributed by atoms with Crippen LogP contribution in [0.2, 0.25) is 0 Å². The van der Waals surface area contributed by atoms with Gasteiger partial charge in [-0.2, -0.15) is 0 Å². The van der Waals surface area contributed by atoms with Gasteiger partial charge in [0.25, 0.3) is 0 Å². The summed E-state index contributed by atoms with van der Waals surface area (Å²) in [7, 11) is 1.29. The summed E-state index contributed by atoms with van der Waals surface area (Å²) in [4.78, 5) is 11.2. The van der Waals surface area contributed by atoms with Gasteiger partial charge in [0.2, 0.25) is 0 Å². The lowest BCUT2D eigenvalue weighted by Gasteiger charge is -2.10. The number of ether oxygens (including phenoxy) is 2. The van der Waals surface area contributed by atoms with Crippen LogP contribution in [0.4, 0.5) is 0 Å². The van der Waals surface area contributed by atoms with Gasteiger partial charge in [-0.15, -0.1) is 0 Å². The lowest BCUT2D eigenvalue weighted by Crippen LogP contribution is -2.29. The van der Waals surface area contributed by atoms with Gasteiger partial charge in [0.05, 0.1) is 20.3 Å². The first-order valence-corrected chi connectivity index (χ1v) is 10.2. The van der Waals surface area contributed by atoms with Crippen LogP contribution in [0.3, 0.4) is 0 Å². The van der Waals surface area contributed by atoms with E-state index in [0.29, 0.717) is 6.61 Å². The van der Waals surface area contributed by atoms with Gasteiger partial charge in [0, 0.05) is 0 Å². The highest BCUT2D eigenvalue weighted by Gasteiger charge is 2.17. The van der Waals surface area contributed by atoms with E-state index in [2.05, 4.69) is 17.7 Å². The molecule has 1 atom stereocenters. The Balaban J connectivity index is 3.28. The third kappa shape index (κ3) is 16.4. The zero-order valence-corrected chi connectivity index (χ0v) is 16.5. The van der Waals surface area contributed by atoms with Crippen molar-refractivity contribution in [2.45, 2.75) is 96.5 Å². The SMILES string of the molecule is CCCCCCCCCCCCCC/C=C/CO[C@@H](CO)C(=O)OC. The molecule has 0 radical (unpaired) electrons. The lowest BCUT2D eigenvalue weighted by molar-refractivity contribution is -0.155. The van der Waals surface area contributed by atoms with E-state index in [1.807, 2.05) is 6.08 Å². The highest BCUT2D eigenvalue weighted by molar-refractivity contribution is 5.74. The van der Waals surface area contributed by atoms with E-state index in [1.165, 1.54) is 84.2 Å². The van der Waals surface area contributed by atoms with Gasteiger partial charge in [-0.1, -0.05) is 89.7 Å².